The van der Waals surface area contributed by atoms with Crippen LogP contribution in [-0.4, -0.2) is 12.6 Å². The number of rotatable bonds is 14. The van der Waals surface area contributed by atoms with Crippen molar-refractivity contribution < 1.29 is 4.74 Å². The topological polar surface area (TPSA) is 35.2 Å². The zero-order chi connectivity index (χ0) is 16.8. The van der Waals surface area contributed by atoms with E-state index in [2.05, 4.69) is 31.2 Å². The van der Waals surface area contributed by atoms with E-state index in [-0.39, 0.29) is 6.04 Å². The Bertz CT molecular complexity index is 372. The molecule has 0 amide bonds. The molecule has 1 aromatic rings. The van der Waals surface area contributed by atoms with Gasteiger partial charge in [-0.25, -0.2) is 0 Å². The van der Waals surface area contributed by atoms with Crippen LogP contribution in [0.15, 0.2) is 24.3 Å². The molecule has 23 heavy (non-hydrogen) atoms. The summed E-state index contributed by atoms with van der Waals surface area (Å²) >= 11 is 0. The van der Waals surface area contributed by atoms with Gasteiger partial charge in [-0.1, -0.05) is 76.8 Å². The third-order valence-corrected chi connectivity index (χ3v) is 4.25. The largest absolute Gasteiger partial charge is 0.494 e. The lowest BCUT2D eigenvalue weighted by atomic mass is 10.1. The van der Waals surface area contributed by atoms with Gasteiger partial charge in [-0.3, -0.25) is 0 Å². The van der Waals surface area contributed by atoms with Crippen LogP contribution < -0.4 is 10.5 Å². The first-order valence-corrected chi connectivity index (χ1v) is 9.69. The van der Waals surface area contributed by atoms with Crippen molar-refractivity contribution in [1.82, 2.24) is 0 Å². The van der Waals surface area contributed by atoms with Crippen molar-refractivity contribution in [2.24, 2.45) is 5.73 Å². The Morgan fingerprint density at radius 3 is 1.87 bits per heavy atom. The number of unbranched alkanes of at least 4 members (excludes halogenated alkanes) is 9. The minimum absolute atomic E-state index is 0.216. The van der Waals surface area contributed by atoms with Gasteiger partial charge in [0.1, 0.15) is 5.75 Å². The Hall–Kier alpha value is -1.02. The summed E-state index contributed by atoms with van der Waals surface area (Å²) in [5, 5.41) is 0. The Kier molecular flexibility index (Phi) is 11.7. The lowest BCUT2D eigenvalue weighted by Crippen LogP contribution is -2.17. The summed E-state index contributed by atoms with van der Waals surface area (Å²) in [7, 11) is 0. The maximum atomic E-state index is 5.81. The molecule has 0 saturated heterocycles. The maximum Gasteiger partial charge on any atom is 0.119 e. The maximum absolute atomic E-state index is 5.81. The highest BCUT2D eigenvalue weighted by molar-refractivity contribution is 5.27. The summed E-state index contributed by atoms with van der Waals surface area (Å²) in [5.74, 6) is 0.981. The van der Waals surface area contributed by atoms with Crippen LogP contribution in [0.1, 0.15) is 83.6 Å². The van der Waals surface area contributed by atoms with E-state index in [0.29, 0.717) is 0 Å². The van der Waals surface area contributed by atoms with Crippen molar-refractivity contribution in [3.63, 3.8) is 0 Å². The molecule has 1 atom stereocenters. The molecule has 132 valence electrons. The normalized spacial score (nSPS) is 12.3. The van der Waals surface area contributed by atoms with E-state index >= 15 is 0 Å². The van der Waals surface area contributed by atoms with Crippen LogP contribution in [0.4, 0.5) is 0 Å². The van der Waals surface area contributed by atoms with Crippen molar-refractivity contribution in [3.05, 3.63) is 29.8 Å². The second kappa shape index (κ2) is 13.4. The second-order valence-corrected chi connectivity index (χ2v) is 6.86. The first-order valence-electron chi connectivity index (χ1n) is 9.69. The Morgan fingerprint density at radius 1 is 0.826 bits per heavy atom. The molecule has 2 nitrogen and oxygen atoms in total. The smallest absolute Gasteiger partial charge is 0.119 e. The summed E-state index contributed by atoms with van der Waals surface area (Å²) < 4.78 is 5.81. The summed E-state index contributed by atoms with van der Waals surface area (Å²) in [6.45, 7) is 5.15. The lowest BCUT2D eigenvalue weighted by Gasteiger charge is -2.08. The number of hydrogen-bond acceptors (Lipinski definition) is 2. The van der Waals surface area contributed by atoms with Crippen molar-refractivity contribution in [1.29, 1.82) is 0 Å². The number of hydrogen-bond donors (Lipinski definition) is 1. The van der Waals surface area contributed by atoms with Gasteiger partial charge >= 0.3 is 0 Å². The summed E-state index contributed by atoms with van der Waals surface area (Å²) in [6, 6.07) is 8.59. The Morgan fingerprint density at radius 2 is 1.35 bits per heavy atom. The van der Waals surface area contributed by atoms with Crippen LogP contribution in [0.25, 0.3) is 0 Å². The molecule has 0 aliphatic rings. The molecule has 0 saturated carbocycles. The average molecular weight is 320 g/mol. The van der Waals surface area contributed by atoms with Gasteiger partial charge in [-0.05, 0) is 37.5 Å². The van der Waals surface area contributed by atoms with Crippen molar-refractivity contribution >= 4 is 0 Å². The Balaban J connectivity index is 1.94. The molecule has 0 fully saturated rings. The molecule has 0 aliphatic carbocycles. The third kappa shape index (κ3) is 11.2. The van der Waals surface area contributed by atoms with E-state index in [1.54, 1.807) is 0 Å². The van der Waals surface area contributed by atoms with E-state index in [1.165, 1.54) is 63.4 Å². The van der Waals surface area contributed by atoms with Gasteiger partial charge in [0.05, 0.1) is 6.61 Å². The minimum Gasteiger partial charge on any atom is -0.494 e. The summed E-state index contributed by atoms with van der Waals surface area (Å²) in [5.41, 5.74) is 7.09. The predicted molar refractivity (Wildman–Crippen MR) is 101 cm³/mol. The van der Waals surface area contributed by atoms with Crippen LogP contribution >= 0.6 is 0 Å². The molecule has 1 aromatic carbocycles. The lowest BCUT2D eigenvalue weighted by molar-refractivity contribution is 0.304. The molecule has 0 radical (unpaired) electrons. The van der Waals surface area contributed by atoms with E-state index in [9.17, 15) is 0 Å². The van der Waals surface area contributed by atoms with Gasteiger partial charge in [0.25, 0.3) is 0 Å². The van der Waals surface area contributed by atoms with Crippen molar-refractivity contribution in [3.8, 4) is 5.75 Å². The molecular weight excluding hydrogens is 282 g/mol. The van der Waals surface area contributed by atoms with Gasteiger partial charge in [0, 0.05) is 6.04 Å². The van der Waals surface area contributed by atoms with E-state index in [0.717, 1.165) is 25.2 Å². The average Bonchev–Trinajstić information content (AvgIpc) is 2.53. The van der Waals surface area contributed by atoms with Crippen molar-refractivity contribution in [2.75, 3.05) is 6.61 Å². The van der Waals surface area contributed by atoms with E-state index in [4.69, 9.17) is 10.5 Å². The van der Waals surface area contributed by atoms with Crippen LogP contribution in [0, 0.1) is 0 Å². The molecule has 1 unspecified atom stereocenters. The summed E-state index contributed by atoms with van der Waals surface area (Å²) in [4.78, 5) is 0. The monoisotopic (exact) mass is 319 g/mol. The van der Waals surface area contributed by atoms with Gasteiger partial charge in [0.15, 0.2) is 0 Å². The molecule has 0 aromatic heterocycles. The first-order chi connectivity index (χ1) is 11.2. The number of benzene rings is 1. The van der Waals surface area contributed by atoms with Crippen molar-refractivity contribution in [2.45, 2.75) is 90.5 Å². The molecule has 2 heteroatoms. The number of ether oxygens (including phenoxy) is 1. The molecule has 0 aliphatic heterocycles. The van der Waals surface area contributed by atoms with Gasteiger partial charge < -0.3 is 10.5 Å². The van der Waals surface area contributed by atoms with Crippen LogP contribution in [0.5, 0.6) is 5.75 Å². The fourth-order valence-electron chi connectivity index (χ4n) is 2.87. The molecule has 0 bridgehead atoms. The van der Waals surface area contributed by atoms with Crippen LogP contribution in [-0.2, 0) is 6.42 Å². The fourth-order valence-corrected chi connectivity index (χ4v) is 2.87. The highest BCUT2D eigenvalue weighted by atomic mass is 16.5. The fraction of sp³-hybridized carbons (Fsp3) is 0.714. The van der Waals surface area contributed by atoms with Gasteiger partial charge in [0.2, 0.25) is 0 Å². The first kappa shape index (κ1) is 20.0. The van der Waals surface area contributed by atoms with Crippen LogP contribution in [0.2, 0.25) is 0 Å². The Labute approximate surface area is 143 Å². The zero-order valence-electron chi connectivity index (χ0n) is 15.4. The van der Waals surface area contributed by atoms with E-state index in [1.807, 2.05) is 6.92 Å². The predicted octanol–water partition coefficient (Wildman–Crippen LogP) is 5.88. The standard InChI is InChI=1S/C21H37NO/c1-3-4-5-6-7-8-9-10-11-12-17-23-21-15-13-20(14-16-21)18-19(2)22/h13-16,19H,3-12,17-18,22H2,1-2H3. The molecule has 0 spiro atoms. The van der Waals surface area contributed by atoms with Crippen LogP contribution in [0.3, 0.4) is 0 Å². The second-order valence-electron chi connectivity index (χ2n) is 6.86. The summed E-state index contributed by atoms with van der Waals surface area (Å²) in [6.07, 6.45) is 14.5. The third-order valence-electron chi connectivity index (χ3n) is 4.25. The molecular formula is C21H37NO. The highest BCUT2D eigenvalue weighted by Crippen LogP contribution is 2.14. The molecule has 0 heterocycles. The molecule has 2 N–H and O–H groups in total. The quantitative estimate of drug-likeness (QED) is 0.435. The zero-order valence-corrected chi connectivity index (χ0v) is 15.4. The van der Waals surface area contributed by atoms with E-state index < -0.39 is 0 Å². The molecule has 1 rings (SSSR count). The SMILES string of the molecule is CCCCCCCCCCCCOc1ccc(CC(C)N)cc1. The van der Waals surface area contributed by atoms with Gasteiger partial charge in [-0.15, -0.1) is 0 Å². The minimum atomic E-state index is 0.216. The number of nitrogens with two attached hydrogens (primary N) is 1. The van der Waals surface area contributed by atoms with Gasteiger partial charge in [-0.2, -0.15) is 0 Å². The highest BCUT2D eigenvalue weighted by Gasteiger charge is 1.99.